The molecule has 0 bridgehead atoms. The first-order valence-electron chi connectivity index (χ1n) is 9.83. The molecular weight excluding hydrogens is 398 g/mol. The fourth-order valence-electron chi connectivity index (χ4n) is 3.73. The van der Waals surface area contributed by atoms with Crippen LogP contribution in [0.15, 0.2) is 73.1 Å². The van der Waals surface area contributed by atoms with Gasteiger partial charge in [-0.25, -0.2) is 9.50 Å². The monoisotopic (exact) mass is 419 g/mol. The molecule has 0 aliphatic carbocycles. The summed E-state index contributed by atoms with van der Waals surface area (Å²) < 4.78 is 7.20. The highest BCUT2D eigenvalue weighted by atomic mass is 35.5. The summed E-state index contributed by atoms with van der Waals surface area (Å²) in [6, 6.07) is 19.3. The van der Waals surface area contributed by atoms with Crippen molar-refractivity contribution in [3.63, 3.8) is 0 Å². The first kappa shape index (κ1) is 20.1. The van der Waals surface area contributed by atoms with Crippen LogP contribution >= 0.6 is 11.6 Å². The first-order chi connectivity index (χ1) is 14.5. The van der Waals surface area contributed by atoms with Gasteiger partial charge in [0.05, 0.1) is 18.5 Å². The maximum atomic E-state index is 13.1. The molecule has 1 unspecified atom stereocenters. The Morgan fingerprint density at radius 3 is 2.67 bits per heavy atom. The zero-order valence-corrected chi connectivity index (χ0v) is 17.6. The lowest BCUT2D eigenvalue weighted by Crippen LogP contribution is -2.38. The molecule has 152 valence electrons. The van der Waals surface area contributed by atoms with Crippen LogP contribution in [0.1, 0.15) is 25.1 Å². The summed E-state index contributed by atoms with van der Waals surface area (Å²) in [6.45, 7) is 4.02. The molecule has 0 saturated carbocycles. The highest BCUT2D eigenvalue weighted by Gasteiger charge is 2.39. The zero-order valence-electron chi connectivity index (χ0n) is 16.9. The van der Waals surface area contributed by atoms with E-state index in [1.807, 2.05) is 74.5 Å². The smallest absolute Gasteiger partial charge is 0.318 e. The van der Waals surface area contributed by atoms with Crippen molar-refractivity contribution in [3.05, 3.63) is 89.3 Å². The Hall–Kier alpha value is -3.18. The Labute approximate surface area is 180 Å². The van der Waals surface area contributed by atoms with E-state index in [1.54, 1.807) is 16.9 Å². The molecule has 0 N–H and O–H groups in total. The average molecular weight is 420 g/mol. The Bertz CT molecular complexity index is 1190. The number of carbonyl (C=O) groups excluding carboxylic acids is 1. The lowest BCUT2D eigenvalue weighted by atomic mass is 9.80. The van der Waals surface area contributed by atoms with Gasteiger partial charge in [0.2, 0.25) is 0 Å². The summed E-state index contributed by atoms with van der Waals surface area (Å²) in [5.74, 6) is -0.291. The number of esters is 1. The number of benzene rings is 2. The van der Waals surface area contributed by atoms with Crippen LogP contribution < -0.4 is 0 Å². The summed E-state index contributed by atoms with van der Waals surface area (Å²) >= 11 is 6.17. The van der Waals surface area contributed by atoms with Crippen LogP contribution in [0.3, 0.4) is 0 Å². The van der Waals surface area contributed by atoms with Gasteiger partial charge >= 0.3 is 5.97 Å². The summed E-state index contributed by atoms with van der Waals surface area (Å²) in [5.41, 5.74) is 3.27. The van der Waals surface area contributed by atoms with E-state index in [4.69, 9.17) is 16.3 Å². The van der Waals surface area contributed by atoms with E-state index in [0.717, 1.165) is 22.4 Å². The molecule has 2 heterocycles. The lowest BCUT2D eigenvalue weighted by Gasteiger charge is -2.28. The van der Waals surface area contributed by atoms with E-state index >= 15 is 0 Å². The van der Waals surface area contributed by atoms with Crippen LogP contribution in [0, 0.1) is 0 Å². The van der Waals surface area contributed by atoms with Crippen LogP contribution in [-0.4, -0.2) is 27.2 Å². The van der Waals surface area contributed by atoms with Crippen LogP contribution in [0.5, 0.6) is 0 Å². The number of hydrogen-bond donors (Lipinski definition) is 0. The van der Waals surface area contributed by atoms with Gasteiger partial charge in [-0.05, 0) is 49.6 Å². The molecule has 0 radical (unpaired) electrons. The Morgan fingerprint density at radius 1 is 1.13 bits per heavy atom. The summed E-state index contributed by atoms with van der Waals surface area (Å²) in [7, 11) is 0. The number of ether oxygens (including phenoxy) is 1. The summed E-state index contributed by atoms with van der Waals surface area (Å²) in [6.07, 6.45) is 3.95. The van der Waals surface area contributed by atoms with E-state index in [-0.39, 0.29) is 5.97 Å². The fraction of sp³-hybridized carbons (Fsp3) is 0.208. The Kier molecular flexibility index (Phi) is 5.55. The first-order valence-corrected chi connectivity index (χ1v) is 10.2. The zero-order chi connectivity index (χ0) is 21.1. The molecule has 0 aliphatic heterocycles. The molecule has 6 heteroatoms. The van der Waals surface area contributed by atoms with Crippen LogP contribution in [0.4, 0.5) is 0 Å². The second-order valence-corrected chi connectivity index (χ2v) is 7.79. The predicted octanol–water partition coefficient (Wildman–Crippen LogP) is 5.11. The Balaban J connectivity index is 1.87. The van der Waals surface area contributed by atoms with Crippen molar-refractivity contribution in [1.29, 1.82) is 0 Å². The van der Waals surface area contributed by atoms with E-state index in [9.17, 15) is 4.79 Å². The van der Waals surface area contributed by atoms with Crippen molar-refractivity contribution < 1.29 is 9.53 Å². The van der Waals surface area contributed by atoms with Gasteiger partial charge in [-0.3, -0.25) is 4.79 Å². The van der Waals surface area contributed by atoms with E-state index in [1.165, 1.54) is 0 Å². The second kappa shape index (κ2) is 8.28. The number of aromatic nitrogens is 3. The molecule has 5 nitrogen and oxygen atoms in total. The highest BCUT2D eigenvalue weighted by Crippen LogP contribution is 2.33. The topological polar surface area (TPSA) is 56.5 Å². The third kappa shape index (κ3) is 3.68. The van der Waals surface area contributed by atoms with Gasteiger partial charge in [0, 0.05) is 16.8 Å². The number of fused-ring (bicyclic) bond motifs is 1. The maximum Gasteiger partial charge on any atom is 0.318 e. The molecule has 0 saturated heterocycles. The van der Waals surface area contributed by atoms with Crippen molar-refractivity contribution in [1.82, 2.24) is 14.6 Å². The molecule has 30 heavy (non-hydrogen) atoms. The van der Waals surface area contributed by atoms with Gasteiger partial charge in [0.15, 0.2) is 5.65 Å². The van der Waals surface area contributed by atoms with Crippen molar-refractivity contribution in [2.45, 2.75) is 25.7 Å². The van der Waals surface area contributed by atoms with Gasteiger partial charge in [-0.2, -0.15) is 5.10 Å². The summed E-state index contributed by atoms with van der Waals surface area (Å²) in [4.78, 5) is 17.7. The van der Waals surface area contributed by atoms with Gasteiger partial charge in [0.1, 0.15) is 5.41 Å². The van der Waals surface area contributed by atoms with Crippen molar-refractivity contribution in [2.24, 2.45) is 0 Å². The highest BCUT2D eigenvalue weighted by molar-refractivity contribution is 6.30. The number of rotatable bonds is 6. The van der Waals surface area contributed by atoms with Crippen LogP contribution in [0.2, 0.25) is 5.02 Å². The van der Waals surface area contributed by atoms with Gasteiger partial charge < -0.3 is 4.74 Å². The molecule has 4 aromatic rings. The molecule has 2 aromatic heterocycles. The van der Waals surface area contributed by atoms with E-state index in [0.29, 0.717) is 23.7 Å². The number of nitrogens with zero attached hydrogens (tertiary/aromatic N) is 3. The molecule has 1 atom stereocenters. The van der Waals surface area contributed by atoms with Gasteiger partial charge in [-0.15, -0.1) is 0 Å². The van der Waals surface area contributed by atoms with Crippen molar-refractivity contribution in [3.8, 4) is 11.1 Å². The van der Waals surface area contributed by atoms with E-state index < -0.39 is 5.41 Å². The predicted molar refractivity (Wildman–Crippen MR) is 118 cm³/mol. The third-order valence-corrected chi connectivity index (χ3v) is 5.46. The molecular formula is C24H22ClN3O2. The van der Waals surface area contributed by atoms with Gasteiger partial charge in [-0.1, -0.05) is 54.1 Å². The third-order valence-electron chi connectivity index (χ3n) is 5.23. The quantitative estimate of drug-likeness (QED) is 0.407. The largest absolute Gasteiger partial charge is 0.465 e. The average Bonchev–Trinajstić information content (AvgIpc) is 3.19. The number of carbonyl (C=O) groups is 1. The normalized spacial score (nSPS) is 13.2. The minimum atomic E-state index is -0.934. The molecule has 0 amide bonds. The minimum absolute atomic E-state index is 0.291. The fourth-order valence-corrected chi connectivity index (χ4v) is 3.92. The van der Waals surface area contributed by atoms with Gasteiger partial charge in [0.25, 0.3) is 0 Å². The molecule has 4 rings (SSSR count). The summed E-state index contributed by atoms with van der Waals surface area (Å²) in [5, 5.41) is 5.22. The molecule has 0 fully saturated rings. The van der Waals surface area contributed by atoms with Crippen molar-refractivity contribution in [2.75, 3.05) is 6.61 Å². The minimum Gasteiger partial charge on any atom is -0.465 e. The second-order valence-electron chi connectivity index (χ2n) is 7.35. The Morgan fingerprint density at radius 2 is 1.93 bits per heavy atom. The van der Waals surface area contributed by atoms with Crippen molar-refractivity contribution >= 4 is 23.2 Å². The number of hydrogen-bond acceptors (Lipinski definition) is 4. The lowest BCUT2D eigenvalue weighted by molar-refractivity contribution is -0.149. The molecule has 0 spiro atoms. The van der Waals surface area contributed by atoms with E-state index in [2.05, 4.69) is 10.1 Å². The molecule has 0 aliphatic rings. The SMILES string of the molecule is CCOC(=O)C(C)(Cc1ccccc1)c1ccnc2c(-c3cccc(Cl)c3)cnn12. The standard InChI is InChI=1S/C24H22ClN3O2/c1-3-30-23(29)24(2,15-17-8-5-4-6-9-17)21-12-13-26-22-20(16-27-28(21)22)18-10-7-11-19(25)14-18/h4-14,16H,3,15H2,1-2H3. The number of halogens is 1. The maximum absolute atomic E-state index is 13.1. The van der Waals surface area contributed by atoms with Crippen LogP contribution in [-0.2, 0) is 21.4 Å². The molecule has 2 aromatic carbocycles. The van der Waals surface area contributed by atoms with Crippen LogP contribution in [0.25, 0.3) is 16.8 Å².